The van der Waals surface area contributed by atoms with E-state index in [9.17, 15) is 13.2 Å². The van der Waals surface area contributed by atoms with Crippen LogP contribution in [0.4, 0.5) is 24.5 Å². The maximum Gasteiger partial charge on any atom is 0.417 e. The van der Waals surface area contributed by atoms with Gasteiger partial charge in [-0.1, -0.05) is 12.1 Å². The van der Waals surface area contributed by atoms with E-state index in [0.717, 1.165) is 17.3 Å². The molecule has 0 N–H and O–H groups in total. The maximum absolute atomic E-state index is 12.8. The quantitative estimate of drug-likeness (QED) is 0.804. The zero-order chi connectivity index (χ0) is 15.6. The van der Waals surface area contributed by atoms with E-state index >= 15 is 0 Å². The number of aryl methyl sites for hydroxylation is 1. The molecule has 0 aliphatic heterocycles. The summed E-state index contributed by atoms with van der Waals surface area (Å²) in [5, 5.41) is 8.93. The predicted molar refractivity (Wildman–Crippen MR) is 75.4 cm³/mol. The summed E-state index contributed by atoms with van der Waals surface area (Å²) in [6.07, 6.45) is -4.52. The van der Waals surface area contributed by atoms with Crippen molar-refractivity contribution in [3.8, 4) is 6.07 Å². The molecular formula is C16H13F3N2. The molecule has 2 rings (SSSR count). The minimum absolute atomic E-state index is 0.375. The Balaban J connectivity index is 2.44. The second-order valence-corrected chi connectivity index (χ2v) is 4.74. The first kappa shape index (κ1) is 14.9. The third-order valence-corrected chi connectivity index (χ3v) is 3.21. The van der Waals surface area contributed by atoms with Gasteiger partial charge in [0.25, 0.3) is 0 Å². The number of alkyl halides is 3. The molecule has 21 heavy (non-hydrogen) atoms. The smallest absolute Gasteiger partial charge is 0.345 e. The molecule has 0 saturated heterocycles. The monoisotopic (exact) mass is 290 g/mol. The van der Waals surface area contributed by atoms with Crippen molar-refractivity contribution in [1.82, 2.24) is 0 Å². The Morgan fingerprint density at radius 1 is 1.05 bits per heavy atom. The van der Waals surface area contributed by atoms with Gasteiger partial charge in [-0.2, -0.15) is 18.4 Å². The van der Waals surface area contributed by atoms with Crippen LogP contribution >= 0.6 is 0 Å². The minimum atomic E-state index is -4.52. The highest BCUT2D eigenvalue weighted by atomic mass is 19.4. The van der Waals surface area contributed by atoms with Crippen LogP contribution in [-0.2, 0) is 6.18 Å². The van der Waals surface area contributed by atoms with E-state index in [0.29, 0.717) is 5.69 Å². The lowest BCUT2D eigenvalue weighted by molar-refractivity contribution is -0.137. The van der Waals surface area contributed by atoms with Crippen molar-refractivity contribution in [2.24, 2.45) is 0 Å². The van der Waals surface area contributed by atoms with Gasteiger partial charge in [0, 0.05) is 18.4 Å². The number of hydrogen-bond donors (Lipinski definition) is 0. The number of rotatable bonds is 2. The van der Waals surface area contributed by atoms with E-state index in [1.54, 1.807) is 18.0 Å². The summed E-state index contributed by atoms with van der Waals surface area (Å²) in [4.78, 5) is 1.74. The third-order valence-electron chi connectivity index (χ3n) is 3.21. The highest BCUT2D eigenvalue weighted by Gasteiger charge is 2.33. The van der Waals surface area contributed by atoms with Crippen molar-refractivity contribution in [2.45, 2.75) is 13.1 Å². The fraction of sp³-hybridized carbons (Fsp3) is 0.188. The Morgan fingerprint density at radius 3 is 2.29 bits per heavy atom. The summed E-state index contributed by atoms with van der Waals surface area (Å²) < 4.78 is 38.3. The van der Waals surface area contributed by atoms with Crippen LogP contribution in [0.5, 0.6) is 0 Å². The van der Waals surface area contributed by atoms with Gasteiger partial charge in [0.05, 0.1) is 17.2 Å². The highest BCUT2D eigenvalue weighted by molar-refractivity contribution is 5.65. The Kier molecular flexibility index (Phi) is 3.90. The number of benzene rings is 2. The molecule has 5 heteroatoms. The molecule has 0 spiro atoms. The number of nitrogens with zero attached hydrogens (tertiary/aromatic N) is 2. The first-order chi connectivity index (χ1) is 9.82. The molecule has 2 aromatic rings. The first-order valence-electron chi connectivity index (χ1n) is 6.24. The minimum Gasteiger partial charge on any atom is -0.345 e. The fourth-order valence-corrected chi connectivity index (χ4v) is 2.07. The largest absolute Gasteiger partial charge is 0.417 e. The summed E-state index contributed by atoms with van der Waals surface area (Å²) in [7, 11) is 1.75. The zero-order valence-electron chi connectivity index (χ0n) is 11.6. The molecule has 0 unspecified atom stereocenters. The van der Waals surface area contributed by atoms with Gasteiger partial charge in [-0.05, 0) is 42.8 Å². The van der Waals surface area contributed by atoms with Crippen LogP contribution < -0.4 is 4.90 Å². The third kappa shape index (κ3) is 3.16. The molecule has 0 atom stereocenters. The molecule has 2 nitrogen and oxygen atoms in total. The van der Waals surface area contributed by atoms with Crippen LogP contribution in [0.25, 0.3) is 0 Å². The lowest BCUT2D eigenvalue weighted by Gasteiger charge is -2.21. The summed E-state index contributed by atoms with van der Waals surface area (Å²) in [5.41, 5.74) is 1.14. The van der Waals surface area contributed by atoms with E-state index in [1.165, 1.54) is 12.1 Å². The molecule has 2 aromatic carbocycles. The number of anilines is 2. The molecule has 0 aromatic heterocycles. The molecule has 0 fully saturated rings. The van der Waals surface area contributed by atoms with Gasteiger partial charge in [0.1, 0.15) is 0 Å². The fourth-order valence-electron chi connectivity index (χ4n) is 2.07. The Bertz CT molecular complexity index is 699. The summed E-state index contributed by atoms with van der Waals surface area (Å²) in [6.45, 7) is 1.94. The second-order valence-electron chi connectivity index (χ2n) is 4.74. The predicted octanol–water partition coefficient (Wildman–Crippen LogP) is 4.65. The summed E-state index contributed by atoms with van der Waals surface area (Å²) in [5.74, 6) is 0. The Labute approximate surface area is 121 Å². The molecule has 0 heterocycles. The Hall–Kier alpha value is -2.48. The molecule has 0 aliphatic carbocycles. The standard InChI is InChI=1S/C16H13F3N2/c1-11-4-3-5-13(8-11)21(2)14-6-7-15(16(17,18)19)12(9-14)10-20/h3-9H,1-2H3. The van der Waals surface area contributed by atoms with Gasteiger partial charge in [0.2, 0.25) is 0 Å². The molecule has 0 amide bonds. The van der Waals surface area contributed by atoms with Gasteiger partial charge < -0.3 is 4.90 Å². The lowest BCUT2D eigenvalue weighted by Crippen LogP contribution is -2.12. The highest BCUT2D eigenvalue weighted by Crippen LogP contribution is 2.34. The van der Waals surface area contributed by atoms with E-state index in [-0.39, 0.29) is 5.56 Å². The van der Waals surface area contributed by atoms with Crippen molar-refractivity contribution in [1.29, 1.82) is 5.26 Å². The molecule has 108 valence electrons. The number of nitriles is 1. The van der Waals surface area contributed by atoms with Crippen molar-refractivity contribution >= 4 is 11.4 Å². The van der Waals surface area contributed by atoms with Crippen LogP contribution in [-0.4, -0.2) is 7.05 Å². The average Bonchev–Trinajstić information content (AvgIpc) is 2.44. The van der Waals surface area contributed by atoms with E-state index in [1.807, 2.05) is 31.2 Å². The first-order valence-corrected chi connectivity index (χ1v) is 6.24. The van der Waals surface area contributed by atoms with Crippen molar-refractivity contribution in [3.63, 3.8) is 0 Å². The molecule has 0 radical (unpaired) electrons. The number of hydrogen-bond acceptors (Lipinski definition) is 2. The molecule has 0 aliphatic rings. The van der Waals surface area contributed by atoms with E-state index < -0.39 is 11.7 Å². The second kappa shape index (κ2) is 5.49. The topological polar surface area (TPSA) is 27.0 Å². The van der Waals surface area contributed by atoms with Crippen LogP contribution in [0.1, 0.15) is 16.7 Å². The summed E-state index contributed by atoms with van der Waals surface area (Å²) in [6, 6.07) is 12.8. The average molecular weight is 290 g/mol. The van der Waals surface area contributed by atoms with Crippen LogP contribution in [0.3, 0.4) is 0 Å². The van der Waals surface area contributed by atoms with Crippen molar-refractivity contribution in [2.75, 3.05) is 11.9 Å². The zero-order valence-corrected chi connectivity index (χ0v) is 11.6. The van der Waals surface area contributed by atoms with Gasteiger partial charge in [-0.25, -0.2) is 0 Å². The SMILES string of the molecule is Cc1cccc(N(C)c2ccc(C(F)(F)F)c(C#N)c2)c1. The van der Waals surface area contributed by atoms with Crippen molar-refractivity contribution in [3.05, 3.63) is 59.2 Å². The maximum atomic E-state index is 12.8. The van der Waals surface area contributed by atoms with E-state index in [2.05, 4.69) is 0 Å². The molecule has 0 bridgehead atoms. The van der Waals surface area contributed by atoms with Crippen LogP contribution in [0.15, 0.2) is 42.5 Å². The van der Waals surface area contributed by atoms with Gasteiger partial charge in [-0.3, -0.25) is 0 Å². The van der Waals surface area contributed by atoms with Crippen molar-refractivity contribution < 1.29 is 13.2 Å². The van der Waals surface area contributed by atoms with Gasteiger partial charge in [-0.15, -0.1) is 0 Å². The van der Waals surface area contributed by atoms with Gasteiger partial charge >= 0.3 is 6.18 Å². The van der Waals surface area contributed by atoms with E-state index in [4.69, 9.17) is 5.26 Å². The van der Waals surface area contributed by atoms with Crippen LogP contribution in [0.2, 0.25) is 0 Å². The van der Waals surface area contributed by atoms with Gasteiger partial charge in [0.15, 0.2) is 0 Å². The Morgan fingerprint density at radius 2 is 1.71 bits per heavy atom. The van der Waals surface area contributed by atoms with Crippen LogP contribution in [0, 0.1) is 18.3 Å². The summed E-state index contributed by atoms with van der Waals surface area (Å²) >= 11 is 0. The lowest BCUT2D eigenvalue weighted by atomic mass is 10.1. The molecular weight excluding hydrogens is 277 g/mol. The number of halogens is 3. The normalized spacial score (nSPS) is 11.0. The molecule has 0 saturated carbocycles.